The Bertz CT molecular complexity index is 1120. The summed E-state index contributed by atoms with van der Waals surface area (Å²) in [5.41, 5.74) is 4.33. The van der Waals surface area contributed by atoms with Crippen molar-refractivity contribution in [2.75, 3.05) is 22.4 Å². The first kappa shape index (κ1) is 20.9. The lowest BCUT2D eigenvalue weighted by Gasteiger charge is -2.22. The van der Waals surface area contributed by atoms with E-state index in [1.54, 1.807) is 12.1 Å². The number of nitrogens with one attached hydrogen (secondary N) is 1. The van der Waals surface area contributed by atoms with Gasteiger partial charge < -0.3 is 0 Å². The molecule has 3 rings (SSSR count). The molecule has 29 heavy (non-hydrogen) atoms. The van der Waals surface area contributed by atoms with E-state index in [-0.39, 0.29) is 6.54 Å². The second kappa shape index (κ2) is 8.30. The summed E-state index contributed by atoms with van der Waals surface area (Å²) >= 11 is 1.23. The minimum absolute atomic E-state index is 0.319. The smallest absolute Gasteiger partial charge is 0.246 e. The van der Waals surface area contributed by atoms with Crippen molar-refractivity contribution >= 4 is 38.1 Å². The topological polar surface area (TPSA) is 92.3 Å². The van der Waals surface area contributed by atoms with Gasteiger partial charge in [-0.25, -0.2) is 8.42 Å². The van der Waals surface area contributed by atoms with Gasteiger partial charge in [-0.2, -0.15) is 0 Å². The summed E-state index contributed by atoms with van der Waals surface area (Å²) in [5, 5.41) is 11.7. The highest BCUT2D eigenvalue weighted by molar-refractivity contribution is 7.92. The highest BCUT2D eigenvalue weighted by Gasteiger charge is 2.22. The molecule has 2 aromatic carbocycles. The number of aromatic nitrogens is 2. The molecule has 0 aliphatic rings. The Balaban J connectivity index is 1.76. The molecule has 1 amide bonds. The first-order valence-corrected chi connectivity index (χ1v) is 11.5. The van der Waals surface area contributed by atoms with Gasteiger partial charge in [-0.3, -0.25) is 14.4 Å². The van der Waals surface area contributed by atoms with Crippen LogP contribution >= 0.6 is 11.3 Å². The first-order chi connectivity index (χ1) is 13.6. The van der Waals surface area contributed by atoms with Gasteiger partial charge in [0.2, 0.25) is 21.1 Å². The van der Waals surface area contributed by atoms with Crippen molar-refractivity contribution in [3.05, 3.63) is 59.2 Å². The molecule has 1 N–H and O–H groups in total. The van der Waals surface area contributed by atoms with E-state index in [2.05, 4.69) is 15.5 Å². The van der Waals surface area contributed by atoms with E-state index in [0.29, 0.717) is 15.8 Å². The first-order valence-electron chi connectivity index (χ1n) is 8.88. The molecule has 7 nitrogen and oxygen atoms in total. The molecule has 3 aromatic rings. The maximum Gasteiger partial charge on any atom is 0.246 e. The van der Waals surface area contributed by atoms with Gasteiger partial charge in [0.05, 0.1) is 11.9 Å². The van der Waals surface area contributed by atoms with E-state index >= 15 is 0 Å². The van der Waals surface area contributed by atoms with Crippen molar-refractivity contribution in [3.63, 3.8) is 0 Å². The third kappa shape index (κ3) is 5.39. The van der Waals surface area contributed by atoms with Gasteiger partial charge in [0.15, 0.2) is 0 Å². The van der Waals surface area contributed by atoms with Gasteiger partial charge in [-0.15, -0.1) is 10.2 Å². The van der Waals surface area contributed by atoms with E-state index in [1.807, 2.05) is 51.1 Å². The Morgan fingerprint density at radius 2 is 1.62 bits per heavy atom. The van der Waals surface area contributed by atoms with E-state index in [1.165, 1.54) is 11.3 Å². The molecule has 0 aliphatic carbocycles. The molecule has 0 spiro atoms. The van der Waals surface area contributed by atoms with Gasteiger partial charge in [-0.1, -0.05) is 47.2 Å². The molecular formula is C20H22N4O3S2. The summed E-state index contributed by atoms with van der Waals surface area (Å²) in [4.78, 5) is 12.5. The zero-order valence-electron chi connectivity index (χ0n) is 16.6. The largest absolute Gasteiger partial charge is 0.299 e. The Kier molecular flexibility index (Phi) is 5.99. The van der Waals surface area contributed by atoms with Crippen LogP contribution in [0.4, 0.5) is 10.8 Å². The summed E-state index contributed by atoms with van der Waals surface area (Å²) in [6, 6.07) is 13.2. The number of nitrogens with zero attached hydrogens (tertiary/aromatic N) is 3. The van der Waals surface area contributed by atoms with Crippen molar-refractivity contribution < 1.29 is 13.2 Å². The molecule has 0 fully saturated rings. The van der Waals surface area contributed by atoms with Crippen LogP contribution < -0.4 is 9.62 Å². The molecule has 152 valence electrons. The van der Waals surface area contributed by atoms with Crippen LogP contribution in [0.1, 0.15) is 16.7 Å². The van der Waals surface area contributed by atoms with E-state index in [0.717, 1.165) is 32.8 Å². The third-order valence-corrected chi connectivity index (χ3v) is 6.18. The molecule has 0 unspecified atom stereocenters. The van der Waals surface area contributed by atoms with Crippen molar-refractivity contribution in [3.8, 4) is 10.6 Å². The lowest BCUT2D eigenvalue weighted by Crippen LogP contribution is -2.37. The number of anilines is 2. The Hall–Kier alpha value is -2.78. The zero-order valence-corrected chi connectivity index (χ0v) is 18.3. The SMILES string of the molecule is Cc1ccc(-c2nnc(NC(=O)CN(c3cc(C)cc(C)c3)S(C)(=O)=O)s2)cc1. The van der Waals surface area contributed by atoms with E-state index in [4.69, 9.17) is 0 Å². The van der Waals surface area contributed by atoms with Crippen LogP contribution in [0.25, 0.3) is 10.6 Å². The molecule has 0 atom stereocenters. The van der Waals surface area contributed by atoms with Crippen LogP contribution in [0.15, 0.2) is 42.5 Å². The number of benzene rings is 2. The van der Waals surface area contributed by atoms with Gasteiger partial charge in [0.1, 0.15) is 11.6 Å². The van der Waals surface area contributed by atoms with Gasteiger partial charge >= 0.3 is 0 Å². The maximum absolute atomic E-state index is 12.5. The number of carbonyl (C=O) groups is 1. The Labute approximate surface area is 174 Å². The van der Waals surface area contributed by atoms with Crippen molar-refractivity contribution in [2.24, 2.45) is 0 Å². The van der Waals surface area contributed by atoms with Gasteiger partial charge in [-0.05, 0) is 44.0 Å². The summed E-state index contributed by atoms with van der Waals surface area (Å²) < 4.78 is 25.6. The molecule has 0 radical (unpaired) electrons. The monoisotopic (exact) mass is 430 g/mol. The molecular weight excluding hydrogens is 408 g/mol. The number of aryl methyl sites for hydroxylation is 3. The molecule has 1 aromatic heterocycles. The molecule has 0 aliphatic heterocycles. The zero-order chi connectivity index (χ0) is 21.2. The lowest BCUT2D eigenvalue weighted by molar-refractivity contribution is -0.114. The third-order valence-electron chi connectivity index (χ3n) is 4.15. The molecule has 0 saturated heterocycles. The second-order valence-electron chi connectivity index (χ2n) is 6.94. The van der Waals surface area contributed by atoms with Crippen molar-refractivity contribution in [2.45, 2.75) is 20.8 Å². The van der Waals surface area contributed by atoms with Crippen molar-refractivity contribution in [1.82, 2.24) is 10.2 Å². The van der Waals surface area contributed by atoms with Crippen LogP contribution in [-0.4, -0.2) is 37.3 Å². The van der Waals surface area contributed by atoms with Crippen LogP contribution in [0.2, 0.25) is 0 Å². The minimum atomic E-state index is -3.64. The number of sulfonamides is 1. The summed E-state index contributed by atoms with van der Waals surface area (Å²) in [6.45, 7) is 5.41. The number of carbonyl (C=O) groups excluding carboxylic acids is 1. The quantitative estimate of drug-likeness (QED) is 0.646. The number of rotatable bonds is 6. The highest BCUT2D eigenvalue weighted by atomic mass is 32.2. The number of amides is 1. The van der Waals surface area contributed by atoms with Crippen LogP contribution in [0.3, 0.4) is 0 Å². The molecule has 0 bridgehead atoms. The standard InChI is InChI=1S/C20H22N4O3S2/c1-13-5-7-16(8-6-13)19-22-23-20(28-19)21-18(25)12-24(29(4,26)27)17-10-14(2)9-15(3)11-17/h5-11H,12H2,1-4H3,(H,21,23,25). The maximum atomic E-state index is 12.5. The molecule has 0 saturated carbocycles. The summed E-state index contributed by atoms with van der Waals surface area (Å²) in [6.07, 6.45) is 1.08. The van der Waals surface area contributed by atoms with E-state index < -0.39 is 15.9 Å². The number of hydrogen-bond donors (Lipinski definition) is 1. The fourth-order valence-electron chi connectivity index (χ4n) is 2.87. The van der Waals surface area contributed by atoms with Crippen LogP contribution in [-0.2, 0) is 14.8 Å². The minimum Gasteiger partial charge on any atom is -0.299 e. The summed E-state index contributed by atoms with van der Waals surface area (Å²) in [7, 11) is -3.64. The van der Waals surface area contributed by atoms with Crippen LogP contribution in [0, 0.1) is 20.8 Å². The predicted molar refractivity (Wildman–Crippen MR) is 117 cm³/mol. The normalized spacial score (nSPS) is 11.3. The molecule has 1 heterocycles. The fourth-order valence-corrected chi connectivity index (χ4v) is 4.48. The van der Waals surface area contributed by atoms with E-state index in [9.17, 15) is 13.2 Å². The van der Waals surface area contributed by atoms with Crippen molar-refractivity contribution in [1.29, 1.82) is 0 Å². The Morgan fingerprint density at radius 3 is 2.21 bits per heavy atom. The molecule has 9 heteroatoms. The fraction of sp³-hybridized carbons (Fsp3) is 0.250. The number of hydrogen-bond acceptors (Lipinski definition) is 6. The van der Waals surface area contributed by atoms with Gasteiger partial charge in [0.25, 0.3) is 0 Å². The van der Waals surface area contributed by atoms with Crippen LogP contribution in [0.5, 0.6) is 0 Å². The highest BCUT2D eigenvalue weighted by Crippen LogP contribution is 2.27. The summed E-state index contributed by atoms with van der Waals surface area (Å²) in [5.74, 6) is -0.485. The Morgan fingerprint density at radius 1 is 1.00 bits per heavy atom. The second-order valence-corrected chi connectivity index (χ2v) is 9.83. The average molecular weight is 431 g/mol. The lowest BCUT2D eigenvalue weighted by atomic mass is 10.1. The average Bonchev–Trinajstić information content (AvgIpc) is 3.07. The van der Waals surface area contributed by atoms with Gasteiger partial charge in [0, 0.05) is 5.56 Å². The predicted octanol–water partition coefficient (Wildman–Crippen LogP) is 3.54.